The van der Waals surface area contributed by atoms with Crippen molar-refractivity contribution in [2.45, 2.75) is 32.1 Å². The second kappa shape index (κ2) is 10.4. The fourth-order valence-corrected chi connectivity index (χ4v) is 3.56. The Kier molecular flexibility index (Phi) is 8.23. The molecule has 1 aliphatic rings. The maximum absolute atomic E-state index is 13.0. The molecule has 1 heterocycles. The second-order valence-corrected chi connectivity index (χ2v) is 7.75. The zero-order chi connectivity index (χ0) is 19.8. The summed E-state index contributed by atoms with van der Waals surface area (Å²) in [5.74, 6) is 0.289. The van der Waals surface area contributed by atoms with E-state index >= 15 is 0 Å². The molecule has 0 unspecified atom stereocenters. The minimum absolute atomic E-state index is 0.0126. The van der Waals surface area contributed by atoms with Crippen LogP contribution in [0.4, 0.5) is 4.39 Å². The number of hydrogen-bond donors (Lipinski definition) is 0. The van der Waals surface area contributed by atoms with Crippen LogP contribution in [0.1, 0.15) is 31.2 Å². The summed E-state index contributed by atoms with van der Waals surface area (Å²) in [5.41, 5.74) is 1.15. The van der Waals surface area contributed by atoms with Crippen molar-refractivity contribution in [3.63, 3.8) is 0 Å². The molecule has 1 atom stereocenters. The van der Waals surface area contributed by atoms with E-state index in [1.807, 2.05) is 19.2 Å². The molecule has 0 aromatic heterocycles. The Morgan fingerprint density at radius 3 is 2.44 bits per heavy atom. The molecule has 0 radical (unpaired) electrons. The maximum Gasteiger partial charge on any atom is 0.222 e. The average molecular weight is 378 g/mol. The summed E-state index contributed by atoms with van der Waals surface area (Å²) in [6, 6.07) is 6.71. The van der Waals surface area contributed by atoms with Crippen LogP contribution in [0.2, 0.25) is 0 Å². The van der Waals surface area contributed by atoms with Gasteiger partial charge in [0.15, 0.2) is 0 Å². The summed E-state index contributed by atoms with van der Waals surface area (Å²) in [6.45, 7) is 3.75. The Balaban J connectivity index is 1.73. The van der Waals surface area contributed by atoms with Gasteiger partial charge in [-0.1, -0.05) is 12.1 Å². The van der Waals surface area contributed by atoms with Crippen molar-refractivity contribution in [2.24, 2.45) is 5.92 Å². The Labute approximate surface area is 162 Å². The van der Waals surface area contributed by atoms with Crippen LogP contribution in [0, 0.1) is 11.7 Å². The first-order chi connectivity index (χ1) is 12.8. The van der Waals surface area contributed by atoms with Crippen LogP contribution in [-0.4, -0.2) is 73.8 Å². The van der Waals surface area contributed by atoms with Gasteiger partial charge in [0, 0.05) is 53.6 Å². The van der Waals surface area contributed by atoms with Crippen molar-refractivity contribution in [3.05, 3.63) is 35.6 Å². The molecule has 27 heavy (non-hydrogen) atoms. The predicted molar refractivity (Wildman–Crippen MR) is 105 cm³/mol. The first-order valence-electron chi connectivity index (χ1n) is 9.76. The first-order valence-corrected chi connectivity index (χ1v) is 9.76. The van der Waals surface area contributed by atoms with E-state index in [1.165, 1.54) is 17.0 Å². The summed E-state index contributed by atoms with van der Waals surface area (Å²) in [7, 11) is 5.25. The molecule has 1 aromatic carbocycles. The molecule has 6 heteroatoms. The third-order valence-electron chi connectivity index (χ3n) is 5.24. The number of amides is 2. The van der Waals surface area contributed by atoms with E-state index in [2.05, 4.69) is 4.90 Å². The van der Waals surface area contributed by atoms with Crippen molar-refractivity contribution in [1.29, 1.82) is 0 Å². The second-order valence-electron chi connectivity index (χ2n) is 7.75. The van der Waals surface area contributed by atoms with Gasteiger partial charge in [-0.2, -0.15) is 0 Å². The molecule has 5 nitrogen and oxygen atoms in total. The van der Waals surface area contributed by atoms with E-state index < -0.39 is 0 Å². The van der Waals surface area contributed by atoms with Gasteiger partial charge in [0.2, 0.25) is 11.8 Å². The number of carbonyl (C=O) groups is 2. The first kappa shape index (κ1) is 21.4. The molecular formula is C21H32FN3O2. The molecule has 0 spiro atoms. The topological polar surface area (TPSA) is 43.9 Å². The zero-order valence-electron chi connectivity index (χ0n) is 16.8. The summed E-state index contributed by atoms with van der Waals surface area (Å²) < 4.78 is 13.0. The number of likely N-dealkylation sites (tertiary alicyclic amines) is 1. The normalized spacial score (nSPS) is 17.6. The highest BCUT2D eigenvalue weighted by molar-refractivity contribution is 5.83. The summed E-state index contributed by atoms with van der Waals surface area (Å²) >= 11 is 0. The third kappa shape index (κ3) is 7.29. The zero-order valence-corrected chi connectivity index (χ0v) is 16.8. The van der Waals surface area contributed by atoms with Crippen LogP contribution in [0.3, 0.4) is 0 Å². The van der Waals surface area contributed by atoms with Crippen LogP contribution in [-0.2, 0) is 16.0 Å². The summed E-state index contributed by atoms with van der Waals surface area (Å²) in [4.78, 5) is 29.6. The van der Waals surface area contributed by atoms with E-state index in [9.17, 15) is 14.0 Å². The van der Waals surface area contributed by atoms with Crippen molar-refractivity contribution >= 4 is 11.8 Å². The lowest BCUT2D eigenvalue weighted by Gasteiger charge is -2.34. The Morgan fingerprint density at radius 1 is 1.11 bits per heavy atom. The van der Waals surface area contributed by atoms with Crippen molar-refractivity contribution < 1.29 is 14.0 Å². The van der Waals surface area contributed by atoms with Crippen LogP contribution in [0.15, 0.2) is 24.3 Å². The average Bonchev–Trinajstić information content (AvgIpc) is 2.65. The molecule has 1 aliphatic heterocycles. The van der Waals surface area contributed by atoms with Gasteiger partial charge >= 0.3 is 0 Å². The van der Waals surface area contributed by atoms with Gasteiger partial charge < -0.3 is 14.7 Å². The van der Waals surface area contributed by atoms with Gasteiger partial charge in [0.25, 0.3) is 0 Å². The van der Waals surface area contributed by atoms with E-state index in [0.29, 0.717) is 5.92 Å². The molecule has 0 aliphatic carbocycles. The number of hydrogen-bond acceptors (Lipinski definition) is 3. The smallest absolute Gasteiger partial charge is 0.222 e. The predicted octanol–water partition coefficient (Wildman–Crippen LogP) is 2.41. The monoisotopic (exact) mass is 377 g/mol. The van der Waals surface area contributed by atoms with E-state index in [4.69, 9.17) is 0 Å². The van der Waals surface area contributed by atoms with Crippen LogP contribution in [0.25, 0.3) is 0 Å². The highest BCUT2D eigenvalue weighted by atomic mass is 19.1. The largest absolute Gasteiger partial charge is 0.349 e. The molecule has 1 aromatic rings. The molecule has 2 rings (SSSR count). The Hall–Kier alpha value is -1.95. The lowest BCUT2D eigenvalue weighted by molar-refractivity contribution is -0.135. The quantitative estimate of drug-likeness (QED) is 0.699. The van der Waals surface area contributed by atoms with Crippen LogP contribution < -0.4 is 0 Å². The lowest BCUT2D eigenvalue weighted by Crippen LogP contribution is -2.42. The van der Waals surface area contributed by atoms with E-state index in [1.54, 1.807) is 19.0 Å². The minimum Gasteiger partial charge on any atom is -0.349 e. The standard InChI is InChI=1S/C21H32FN3O2/c1-23(2)20(26)10-11-21(27)24(3)15-18-5-4-13-25(16-18)14-12-17-6-8-19(22)9-7-17/h6-9,18H,4-5,10-16H2,1-3H3/t18-/m1/s1. The number of benzene rings is 1. The molecule has 0 N–H and O–H groups in total. The summed E-state index contributed by atoms with van der Waals surface area (Å²) in [6.07, 6.45) is 3.71. The van der Waals surface area contributed by atoms with Gasteiger partial charge in [0.05, 0.1) is 0 Å². The maximum atomic E-state index is 13.0. The lowest BCUT2D eigenvalue weighted by atomic mass is 9.97. The number of halogens is 1. The Morgan fingerprint density at radius 2 is 1.78 bits per heavy atom. The molecular weight excluding hydrogens is 345 g/mol. The highest BCUT2D eigenvalue weighted by Gasteiger charge is 2.23. The fraction of sp³-hybridized carbons (Fsp3) is 0.619. The number of carbonyl (C=O) groups excluding carboxylic acids is 2. The number of rotatable bonds is 8. The Bertz CT molecular complexity index is 618. The molecule has 0 bridgehead atoms. The molecule has 1 fully saturated rings. The van der Waals surface area contributed by atoms with Crippen molar-refractivity contribution in [3.8, 4) is 0 Å². The van der Waals surface area contributed by atoms with Gasteiger partial charge in [0.1, 0.15) is 5.82 Å². The SMILES string of the molecule is CN(C)C(=O)CCC(=O)N(C)C[C@H]1CCCN(CCc2ccc(F)cc2)C1. The van der Waals surface area contributed by atoms with E-state index in [-0.39, 0.29) is 30.5 Å². The third-order valence-corrected chi connectivity index (χ3v) is 5.24. The molecule has 1 saturated heterocycles. The molecule has 150 valence electrons. The number of nitrogens with zero attached hydrogens (tertiary/aromatic N) is 3. The van der Waals surface area contributed by atoms with E-state index in [0.717, 1.165) is 51.0 Å². The van der Waals surface area contributed by atoms with Crippen molar-refractivity contribution in [1.82, 2.24) is 14.7 Å². The van der Waals surface area contributed by atoms with Gasteiger partial charge in [-0.3, -0.25) is 9.59 Å². The summed E-state index contributed by atoms with van der Waals surface area (Å²) in [5, 5.41) is 0. The highest BCUT2D eigenvalue weighted by Crippen LogP contribution is 2.18. The number of piperidine rings is 1. The fourth-order valence-electron chi connectivity index (χ4n) is 3.56. The molecule has 0 saturated carbocycles. The van der Waals surface area contributed by atoms with Gasteiger partial charge in [-0.15, -0.1) is 0 Å². The van der Waals surface area contributed by atoms with Crippen LogP contribution >= 0.6 is 0 Å². The van der Waals surface area contributed by atoms with Gasteiger partial charge in [-0.05, 0) is 49.4 Å². The van der Waals surface area contributed by atoms with Crippen LogP contribution in [0.5, 0.6) is 0 Å². The van der Waals surface area contributed by atoms with Crippen molar-refractivity contribution in [2.75, 3.05) is 47.3 Å². The molecule has 2 amide bonds. The minimum atomic E-state index is -0.197. The van der Waals surface area contributed by atoms with Gasteiger partial charge in [-0.25, -0.2) is 4.39 Å².